The molecule has 1 unspecified atom stereocenters. The molecule has 0 heterocycles. The lowest BCUT2D eigenvalue weighted by Crippen LogP contribution is -2.30. The maximum atomic E-state index is 12.8. The number of ether oxygens (including phenoxy) is 3. The van der Waals surface area contributed by atoms with Crippen LogP contribution in [0, 0.1) is 0 Å². The van der Waals surface area contributed by atoms with Crippen LogP contribution in [0.15, 0.2) is 72.9 Å². The Kier molecular flexibility index (Phi) is 47.9. The van der Waals surface area contributed by atoms with Crippen molar-refractivity contribution in [1.29, 1.82) is 0 Å². The molecule has 0 aromatic carbocycles. The average Bonchev–Trinajstić information content (AvgIpc) is 3.27. The van der Waals surface area contributed by atoms with Gasteiger partial charge in [0.25, 0.3) is 0 Å². The normalized spacial score (nSPS) is 12.6. The van der Waals surface area contributed by atoms with Crippen LogP contribution in [0.3, 0.4) is 0 Å². The van der Waals surface area contributed by atoms with Gasteiger partial charge in [-0.25, -0.2) is 0 Å². The number of esters is 3. The van der Waals surface area contributed by atoms with Crippen LogP contribution in [0.2, 0.25) is 0 Å². The Labute approximate surface area is 382 Å². The molecule has 0 saturated carbocycles. The maximum Gasteiger partial charge on any atom is 0.306 e. The summed E-state index contributed by atoms with van der Waals surface area (Å²) in [6.07, 6.45) is 63.1. The number of carbonyl (C=O) groups excluding carboxylic acids is 3. The molecule has 0 spiro atoms. The highest BCUT2D eigenvalue weighted by Crippen LogP contribution is 2.14. The number of unbranched alkanes of at least 4 members (excludes halogenated alkanes) is 23. The lowest BCUT2D eigenvalue weighted by atomic mass is 10.1. The van der Waals surface area contributed by atoms with Gasteiger partial charge < -0.3 is 14.2 Å². The van der Waals surface area contributed by atoms with Crippen LogP contribution in [0.25, 0.3) is 0 Å². The number of rotatable bonds is 46. The summed E-state index contributed by atoms with van der Waals surface area (Å²) in [5.41, 5.74) is 0. The minimum absolute atomic E-state index is 0.0935. The predicted octanol–water partition coefficient (Wildman–Crippen LogP) is 17.0. The smallest absolute Gasteiger partial charge is 0.306 e. The van der Waals surface area contributed by atoms with E-state index in [1.54, 1.807) is 0 Å². The highest BCUT2D eigenvalue weighted by Gasteiger charge is 2.19. The van der Waals surface area contributed by atoms with Gasteiger partial charge in [0.15, 0.2) is 6.10 Å². The predicted molar refractivity (Wildman–Crippen MR) is 265 cm³/mol. The van der Waals surface area contributed by atoms with Crippen LogP contribution in [0.5, 0.6) is 0 Å². The van der Waals surface area contributed by atoms with Crippen LogP contribution < -0.4 is 0 Å². The molecule has 356 valence electrons. The van der Waals surface area contributed by atoms with Crippen molar-refractivity contribution in [3.63, 3.8) is 0 Å². The molecule has 62 heavy (non-hydrogen) atoms. The molecule has 0 amide bonds. The van der Waals surface area contributed by atoms with E-state index < -0.39 is 6.10 Å². The molecule has 0 aliphatic carbocycles. The first-order chi connectivity index (χ1) is 30.5. The van der Waals surface area contributed by atoms with Gasteiger partial charge in [0.1, 0.15) is 13.2 Å². The second kappa shape index (κ2) is 50.5. The SMILES string of the molecule is CC/C=C\C/C=C\C/C=C\CCCCC(=O)OCC(COC(=O)CCCCCCCCC/C=C\C/C=C\CCCCC)OC(=O)CCCCCCCCC/C=C\CCCCCC. The molecule has 0 aliphatic rings. The van der Waals surface area contributed by atoms with Gasteiger partial charge in [-0.1, -0.05) is 190 Å². The van der Waals surface area contributed by atoms with Gasteiger partial charge in [0, 0.05) is 19.3 Å². The minimum atomic E-state index is -0.795. The lowest BCUT2D eigenvalue weighted by molar-refractivity contribution is -0.167. The van der Waals surface area contributed by atoms with Crippen molar-refractivity contribution in [1.82, 2.24) is 0 Å². The van der Waals surface area contributed by atoms with E-state index in [0.29, 0.717) is 19.3 Å². The fourth-order valence-corrected chi connectivity index (χ4v) is 7.01. The molecular weight excluding hydrogens is 769 g/mol. The minimum Gasteiger partial charge on any atom is -0.462 e. The van der Waals surface area contributed by atoms with Gasteiger partial charge >= 0.3 is 17.9 Å². The van der Waals surface area contributed by atoms with Crippen molar-refractivity contribution in [2.24, 2.45) is 0 Å². The molecule has 0 aromatic rings. The Morgan fingerprint density at radius 3 is 1.06 bits per heavy atom. The van der Waals surface area contributed by atoms with Crippen molar-refractivity contribution in [3.05, 3.63) is 72.9 Å². The number of hydrogen-bond acceptors (Lipinski definition) is 6. The van der Waals surface area contributed by atoms with Gasteiger partial charge in [0.2, 0.25) is 0 Å². The second-order valence-corrected chi connectivity index (χ2v) is 17.0. The lowest BCUT2D eigenvalue weighted by Gasteiger charge is -2.18. The molecule has 0 N–H and O–H groups in total. The summed E-state index contributed by atoms with van der Waals surface area (Å²) in [6.45, 7) is 6.44. The molecule has 0 aliphatic heterocycles. The Hall–Kier alpha value is -3.15. The van der Waals surface area contributed by atoms with Crippen LogP contribution in [-0.2, 0) is 28.6 Å². The van der Waals surface area contributed by atoms with Crippen molar-refractivity contribution >= 4 is 17.9 Å². The zero-order valence-corrected chi connectivity index (χ0v) is 40.6. The molecule has 0 saturated heterocycles. The van der Waals surface area contributed by atoms with E-state index in [0.717, 1.165) is 89.9 Å². The number of allylic oxidation sites excluding steroid dienone is 12. The quantitative estimate of drug-likeness (QED) is 0.0262. The van der Waals surface area contributed by atoms with Crippen LogP contribution in [0.4, 0.5) is 0 Å². The van der Waals surface area contributed by atoms with Gasteiger partial charge in [-0.05, 0) is 109 Å². The van der Waals surface area contributed by atoms with E-state index >= 15 is 0 Å². The van der Waals surface area contributed by atoms with E-state index in [-0.39, 0.29) is 31.1 Å². The Morgan fingerprint density at radius 1 is 0.339 bits per heavy atom. The van der Waals surface area contributed by atoms with Crippen molar-refractivity contribution in [2.45, 2.75) is 252 Å². The van der Waals surface area contributed by atoms with Crippen molar-refractivity contribution < 1.29 is 28.6 Å². The zero-order chi connectivity index (χ0) is 45.1. The first-order valence-electron chi connectivity index (χ1n) is 25.9. The summed E-state index contributed by atoms with van der Waals surface area (Å²) >= 11 is 0. The molecule has 6 nitrogen and oxygen atoms in total. The number of carbonyl (C=O) groups is 3. The highest BCUT2D eigenvalue weighted by atomic mass is 16.6. The third kappa shape index (κ3) is 47.9. The standard InChI is InChI=1S/C56H96O6/c1-4-7-10-13-16-19-22-25-27-28-30-31-34-37-40-43-46-49-55(58)61-52-53(51-60-54(57)48-45-42-39-36-33-24-21-18-15-12-9-6-3)62-56(59)50-47-44-41-38-35-32-29-26-23-20-17-14-11-8-5-2/h9,12,16,18-21,23,25,27,33,36,53H,4-8,10-11,13-15,17,22,24,26,28-32,34-35,37-52H2,1-3H3/b12-9-,19-16-,21-18-,23-20-,27-25-,36-33-. The monoisotopic (exact) mass is 865 g/mol. The third-order valence-corrected chi connectivity index (χ3v) is 10.9. The average molecular weight is 865 g/mol. The molecule has 0 rings (SSSR count). The summed E-state index contributed by atoms with van der Waals surface area (Å²) < 4.78 is 16.8. The zero-order valence-electron chi connectivity index (χ0n) is 40.6. The summed E-state index contributed by atoms with van der Waals surface area (Å²) in [6, 6.07) is 0. The van der Waals surface area contributed by atoms with E-state index in [4.69, 9.17) is 14.2 Å². The summed E-state index contributed by atoms with van der Waals surface area (Å²) in [4.78, 5) is 37.9. The number of hydrogen-bond donors (Lipinski definition) is 0. The molecule has 6 heteroatoms. The molecule has 0 fully saturated rings. The topological polar surface area (TPSA) is 78.9 Å². The van der Waals surface area contributed by atoms with Gasteiger partial charge in [-0.2, -0.15) is 0 Å². The molecule has 0 bridgehead atoms. The Balaban J connectivity index is 4.42. The van der Waals surface area contributed by atoms with E-state index in [2.05, 4.69) is 93.7 Å². The molecule has 1 atom stereocenters. The van der Waals surface area contributed by atoms with E-state index in [1.165, 1.54) is 116 Å². The van der Waals surface area contributed by atoms with E-state index in [1.807, 2.05) is 0 Å². The van der Waals surface area contributed by atoms with Crippen LogP contribution >= 0.6 is 0 Å². The molecule has 0 aromatic heterocycles. The summed E-state index contributed by atoms with van der Waals surface area (Å²) in [5, 5.41) is 0. The maximum absolute atomic E-state index is 12.8. The largest absolute Gasteiger partial charge is 0.462 e. The van der Waals surface area contributed by atoms with Gasteiger partial charge in [-0.15, -0.1) is 0 Å². The van der Waals surface area contributed by atoms with Crippen molar-refractivity contribution in [2.75, 3.05) is 13.2 Å². The van der Waals surface area contributed by atoms with Crippen LogP contribution in [-0.4, -0.2) is 37.2 Å². The van der Waals surface area contributed by atoms with Crippen molar-refractivity contribution in [3.8, 4) is 0 Å². The van der Waals surface area contributed by atoms with Gasteiger partial charge in [-0.3, -0.25) is 14.4 Å². The van der Waals surface area contributed by atoms with E-state index in [9.17, 15) is 14.4 Å². The van der Waals surface area contributed by atoms with Gasteiger partial charge in [0.05, 0.1) is 0 Å². The molecular formula is C56H96O6. The fraction of sp³-hybridized carbons (Fsp3) is 0.732. The second-order valence-electron chi connectivity index (χ2n) is 17.0. The summed E-state index contributed by atoms with van der Waals surface area (Å²) in [5.74, 6) is -0.945. The highest BCUT2D eigenvalue weighted by molar-refractivity contribution is 5.71. The molecule has 0 radical (unpaired) electrons. The fourth-order valence-electron chi connectivity index (χ4n) is 7.01. The summed E-state index contributed by atoms with van der Waals surface area (Å²) in [7, 11) is 0. The first kappa shape index (κ1) is 58.9. The van der Waals surface area contributed by atoms with Crippen LogP contribution in [0.1, 0.15) is 245 Å². The Morgan fingerprint density at radius 2 is 0.629 bits per heavy atom. The third-order valence-electron chi connectivity index (χ3n) is 10.9. The Bertz CT molecular complexity index is 1180. The first-order valence-corrected chi connectivity index (χ1v) is 25.9.